The molecule has 0 fully saturated rings. The van der Waals surface area contributed by atoms with Crippen LogP contribution in [-0.4, -0.2) is 22.3 Å². The summed E-state index contributed by atoms with van der Waals surface area (Å²) in [5.74, 6) is 0.553. The lowest BCUT2D eigenvalue weighted by atomic mass is 10.3. The van der Waals surface area contributed by atoms with Crippen molar-refractivity contribution in [2.45, 2.75) is 13.0 Å². The summed E-state index contributed by atoms with van der Waals surface area (Å²) in [5.41, 5.74) is 0. The Kier molecular flexibility index (Phi) is 6.12. The molecular formula is C15H16O4. The highest BCUT2D eigenvalue weighted by Crippen LogP contribution is 2.19. The van der Waals surface area contributed by atoms with Gasteiger partial charge in [-0.1, -0.05) is 36.4 Å². The van der Waals surface area contributed by atoms with Gasteiger partial charge in [-0.25, -0.2) is 4.79 Å². The van der Waals surface area contributed by atoms with Crippen molar-refractivity contribution in [3.8, 4) is 11.5 Å². The van der Waals surface area contributed by atoms with Crippen LogP contribution in [0.3, 0.4) is 0 Å². The van der Waals surface area contributed by atoms with Crippen LogP contribution < -0.4 is 4.74 Å². The van der Waals surface area contributed by atoms with Gasteiger partial charge in [0, 0.05) is 0 Å². The Morgan fingerprint density at radius 1 is 0.947 bits per heavy atom. The molecule has 0 radical (unpaired) electrons. The van der Waals surface area contributed by atoms with E-state index in [1.807, 2.05) is 60.7 Å². The van der Waals surface area contributed by atoms with E-state index < -0.39 is 12.1 Å². The quantitative estimate of drug-likeness (QED) is 0.890. The summed E-state index contributed by atoms with van der Waals surface area (Å²) in [5, 5.41) is 15.8. The van der Waals surface area contributed by atoms with Gasteiger partial charge in [0.25, 0.3) is 0 Å². The minimum atomic E-state index is -1.23. The Labute approximate surface area is 111 Å². The summed E-state index contributed by atoms with van der Waals surface area (Å²) in [6.45, 7) is 1.20. The first-order valence-electron chi connectivity index (χ1n) is 5.78. The number of benzene rings is 2. The monoisotopic (exact) mass is 260 g/mol. The second-order valence-corrected chi connectivity index (χ2v) is 3.74. The molecule has 4 nitrogen and oxygen atoms in total. The third kappa shape index (κ3) is 6.24. The smallest absolute Gasteiger partial charge is 0.332 e. The van der Waals surface area contributed by atoms with Crippen molar-refractivity contribution in [2.24, 2.45) is 0 Å². The molecule has 0 aliphatic carbocycles. The fourth-order valence-corrected chi connectivity index (χ4v) is 1.11. The van der Waals surface area contributed by atoms with Crippen molar-refractivity contribution in [1.29, 1.82) is 0 Å². The highest BCUT2D eigenvalue weighted by molar-refractivity contribution is 5.71. The van der Waals surface area contributed by atoms with Gasteiger partial charge >= 0.3 is 5.97 Å². The first-order chi connectivity index (χ1) is 9.09. The molecule has 2 aromatic rings. The molecule has 0 saturated heterocycles. The fourth-order valence-electron chi connectivity index (χ4n) is 1.11. The Bertz CT molecular complexity index is 443. The number of aliphatic hydroxyl groups excluding tert-OH is 1. The van der Waals surface area contributed by atoms with Gasteiger partial charge in [0.15, 0.2) is 0 Å². The van der Waals surface area contributed by atoms with Gasteiger partial charge in [-0.15, -0.1) is 0 Å². The van der Waals surface area contributed by atoms with E-state index in [1.165, 1.54) is 6.92 Å². The predicted molar refractivity (Wildman–Crippen MR) is 72.3 cm³/mol. The van der Waals surface area contributed by atoms with Crippen molar-refractivity contribution in [3.05, 3.63) is 60.7 Å². The van der Waals surface area contributed by atoms with Crippen LogP contribution in [-0.2, 0) is 4.79 Å². The molecule has 19 heavy (non-hydrogen) atoms. The number of hydrogen-bond donors (Lipinski definition) is 2. The second-order valence-electron chi connectivity index (χ2n) is 3.74. The lowest BCUT2D eigenvalue weighted by Gasteiger charge is -2.03. The van der Waals surface area contributed by atoms with Crippen LogP contribution >= 0.6 is 0 Å². The molecule has 0 amide bonds. The Morgan fingerprint density at radius 2 is 1.26 bits per heavy atom. The summed E-state index contributed by atoms with van der Waals surface area (Å²) in [6, 6.07) is 19.5. The Balaban J connectivity index is 0.000000258. The summed E-state index contributed by atoms with van der Waals surface area (Å²) in [4.78, 5) is 9.45. The van der Waals surface area contributed by atoms with E-state index in [9.17, 15) is 4.79 Å². The average molecular weight is 260 g/mol. The number of ether oxygens (including phenoxy) is 1. The molecule has 100 valence electrons. The SMILES string of the molecule is CC(O)C(=O)O.c1ccc(Oc2ccccc2)cc1. The maximum Gasteiger partial charge on any atom is 0.332 e. The van der Waals surface area contributed by atoms with Crippen molar-refractivity contribution in [3.63, 3.8) is 0 Å². The molecule has 0 aliphatic rings. The first-order valence-corrected chi connectivity index (χ1v) is 5.78. The maximum absolute atomic E-state index is 9.45. The molecule has 2 N–H and O–H groups in total. The average Bonchev–Trinajstić information content (AvgIpc) is 2.41. The lowest BCUT2D eigenvalue weighted by Crippen LogP contribution is -2.13. The predicted octanol–water partition coefficient (Wildman–Crippen LogP) is 2.93. The van der Waals surface area contributed by atoms with Crippen LogP contribution in [0.15, 0.2) is 60.7 Å². The van der Waals surface area contributed by atoms with Gasteiger partial charge in [0.1, 0.15) is 17.6 Å². The number of carboxylic acid groups (broad SMARTS) is 1. The second kappa shape index (κ2) is 7.89. The van der Waals surface area contributed by atoms with E-state index in [0.29, 0.717) is 0 Å². The number of aliphatic hydroxyl groups is 1. The minimum absolute atomic E-state index is 0.869. The van der Waals surface area contributed by atoms with Crippen LogP contribution in [0.5, 0.6) is 11.5 Å². The Hall–Kier alpha value is -2.33. The van der Waals surface area contributed by atoms with Crippen LogP contribution in [0, 0.1) is 0 Å². The third-order valence-electron chi connectivity index (χ3n) is 2.08. The molecular weight excluding hydrogens is 244 g/mol. The number of carboxylic acids is 1. The highest BCUT2D eigenvalue weighted by Gasteiger charge is 2.01. The van der Waals surface area contributed by atoms with Gasteiger partial charge in [-0.05, 0) is 31.2 Å². The number of hydrogen-bond acceptors (Lipinski definition) is 3. The molecule has 0 aliphatic heterocycles. The minimum Gasteiger partial charge on any atom is -0.479 e. The summed E-state index contributed by atoms with van der Waals surface area (Å²) < 4.78 is 5.58. The zero-order valence-corrected chi connectivity index (χ0v) is 10.6. The van der Waals surface area contributed by atoms with Crippen molar-refractivity contribution >= 4 is 5.97 Å². The van der Waals surface area contributed by atoms with Crippen LogP contribution in [0.1, 0.15) is 6.92 Å². The highest BCUT2D eigenvalue weighted by atomic mass is 16.5. The van der Waals surface area contributed by atoms with Crippen LogP contribution in [0.25, 0.3) is 0 Å². The van der Waals surface area contributed by atoms with Gasteiger partial charge in [-0.3, -0.25) is 0 Å². The number of para-hydroxylation sites is 2. The molecule has 2 rings (SSSR count). The van der Waals surface area contributed by atoms with Crippen molar-refractivity contribution < 1.29 is 19.7 Å². The maximum atomic E-state index is 9.45. The molecule has 0 heterocycles. The number of aliphatic carboxylic acids is 1. The lowest BCUT2D eigenvalue weighted by molar-refractivity contribution is -0.145. The van der Waals surface area contributed by atoms with Gasteiger partial charge in [0.2, 0.25) is 0 Å². The van der Waals surface area contributed by atoms with Crippen molar-refractivity contribution in [2.75, 3.05) is 0 Å². The zero-order valence-electron chi connectivity index (χ0n) is 10.6. The molecule has 2 aromatic carbocycles. The van der Waals surface area contributed by atoms with Gasteiger partial charge in [-0.2, -0.15) is 0 Å². The van der Waals surface area contributed by atoms with Gasteiger partial charge in [0.05, 0.1) is 0 Å². The summed E-state index contributed by atoms with van der Waals surface area (Å²) >= 11 is 0. The van der Waals surface area contributed by atoms with E-state index in [0.717, 1.165) is 11.5 Å². The topological polar surface area (TPSA) is 66.8 Å². The van der Waals surface area contributed by atoms with Crippen LogP contribution in [0.4, 0.5) is 0 Å². The van der Waals surface area contributed by atoms with E-state index >= 15 is 0 Å². The molecule has 4 heteroatoms. The fraction of sp³-hybridized carbons (Fsp3) is 0.133. The van der Waals surface area contributed by atoms with E-state index in [2.05, 4.69) is 0 Å². The molecule has 0 aromatic heterocycles. The van der Waals surface area contributed by atoms with Crippen molar-refractivity contribution in [1.82, 2.24) is 0 Å². The van der Waals surface area contributed by atoms with E-state index in [4.69, 9.17) is 14.9 Å². The standard InChI is InChI=1S/C12H10O.C3H6O3/c1-3-7-11(8-4-1)13-12-9-5-2-6-10-12;1-2(4)3(5)6/h1-10H;2,4H,1H3,(H,5,6). The third-order valence-corrected chi connectivity index (χ3v) is 2.08. The summed E-state index contributed by atoms with van der Waals surface area (Å²) in [7, 11) is 0. The summed E-state index contributed by atoms with van der Waals surface area (Å²) in [6.07, 6.45) is -1.23. The molecule has 0 bridgehead atoms. The normalized spacial score (nSPS) is 10.8. The molecule has 1 atom stereocenters. The van der Waals surface area contributed by atoms with E-state index in [-0.39, 0.29) is 0 Å². The first kappa shape index (κ1) is 14.7. The van der Waals surface area contributed by atoms with Crippen LogP contribution in [0.2, 0.25) is 0 Å². The molecule has 1 unspecified atom stereocenters. The largest absolute Gasteiger partial charge is 0.479 e. The number of rotatable bonds is 3. The molecule has 0 spiro atoms. The van der Waals surface area contributed by atoms with Gasteiger partial charge < -0.3 is 14.9 Å². The molecule has 0 saturated carbocycles. The number of carbonyl (C=O) groups is 1. The Morgan fingerprint density at radius 3 is 1.53 bits per heavy atom. The van der Waals surface area contributed by atoms with E-state index in [1.54, 1.807) is 0 Å². The zero-order chi connectivity index (χ0) is 14.1.